The predicted molar refractivity (Wildman–Crippen MR) is 88.8 cm³/mol. The van der Waals surface area contributed by atoms with Crippen LogP contribution in [0.15, 0.2) is 54.6 Å². The first-order chi connectivity index (χ1) is 11.7. The molecule has 0 aliphatic carbocycles. The minimum atomic E-state index is -0.709. The van der Waals surface area contributed by atoms with Gasteiger partial charge in [-0.2, -0.15) is 0 Å². The third-order valence-corrected chi connectivity index (χ3v) is 4.66. The van der Waals surface area contributed by atoms with Crippen LogP contribution in [0.2, 0.25) is 0 Å². The largest absolute Gasteiger partial charge is 0.467 e. The van der Waals surface area contributed by atoms with E-state index in [2.05, 4.69) is 5.32 Å². The Morgan fingerprint density at radius 1 is 1.00 bits per heavy atom. The molecule has 5 heteroatoms. The van der Waals surface area contributed by atoms with Crippen LogP contribution in [0.5, 0.6) is 5.75 Å². The van der Waals surface area contributed by atoms with Crippen molar-refractivity contribution in [1.29, 1.82) is 0 Å². The summed E-state index contributed by atoms with van der Waals surface area (Å²) in [5.74, 6) is 0.525. The predicted octanol–water partition coefficient (Wildman–Crippen LogP) is 2.44. The molecule has 1 N–H and O–H groups in total. The van der Waals surface area contributed by atoms with Crippen LogP contribution in [0.1, 0.15) is 33.6 Å². The molecule has 0 atom stereocenters. The van der Waals surface area contributed by atoms with Crippen LogP contribution in [-0.2, 0) is 0 Å². The van der Waals surface area contributed by atoms with Crippen LogP contribution < -0.4 is 10.1 Å². The fourth-order valence-electron chi connectivity index (χ4n) is 3.31. The van der Waals surface area contributed by atoms with Gasteiger partial charge in [-0.25, -0.2) is 0 Å². The molecule has 0 radical (unpaired) electrons. The number of piperidine rings is 1. The summed E-state index contributed by atoms with van der Waals surface area (Å²) in [7, 11) is 0. The number of hydrogen-bond acceptors (Lipinski definition) is 3. The van der Waals surface area contributed by atoms with Crippen molar-refractivity contribution in [2.24, 2.45) is 0 Å². The van der Waals surface area contributed by atoms with E-state index in [4.69, 9.17) is 4.74 Å². The van der Waals surface area contributed by atoms with Gasteiger partial charge in [-0.05, 0) is 24.3 Å². The lowest BCUT2D eigenvalue weighted by Gasteiger charge is -2.44. The van der Waals surface area contributed by atoms with Crippen molar-refractivity contribution in [1.82, 2.24) is 10.2 Å². The highest BCUT2D eigenvalue weighted by Crippen LogP contribution is 2.33. The number of nitrogens with one attached hydrogen (secondary N) is 1. The highest BCUT2D eigenvalue weighted by molar-refractivity contribution is 5.98. The minimum Gasteiger partial charge on any atom is -0.467 e. The highest BCUT2D eigenvalue weighted by Gasteiger charge is 2.43. The number of likely N-dealkylation sites (tertiary alicyclic amines) is 1. The van der Waals surface area contributed by atoms with Crippen LogP contribution in [0, 0.1) is 0 Å². The van der Waals surface area contributed by atoms with Crippen LogP contribution in [0.4, 0.5) is 0 Å². The number of benzene rings is 2. The van der Waals surface area contributed by atoms with Crippen molar-refractivity contribution in [2.45, 2.75) is 18.6 Å². The van der Waals surface area contributed by atoms with Crippen LogP contribution >= 0.6 is 0 Å². The molecule has 2 aromatic rings. The van der Waals surface area contributed by atoms with Gasteiger partial charge in [-0.3, -0.25) is 9.59 Å². The molecule has 4 rings (SSSR count). The summed E-state index contributed by atoms with van der Waals surface area (Å²) in [6.45, 7) is 1.10. The monoisotopic (exact) mass is 322 g/mol. The van der Waals surface area contributed by atoms with Crippen LogP contribution in [-0.4, -0.2) is 35.5 Å². The second kappa shape index (κ2) is 5.67. The number of para-hydroxylation sites is 1. The fraction of sp³-hybridized carbons (Fsp3) is 0.263. The molecular weight excluding hydrogens is 304 g/mol. The summed E-state index contributed by atoms with van der Waals surface area (Å²) in [5.41, 5.74) is 0.539. The lowest BCUT2D eigenvalue weighted by Crippen LogP contribution is -2.61. The van der Waals surface area contributed by atoms with Crippen molar-refractivity contribution in [2.75, 3.05) is 13.1 Å². The lowest BCUT2D eigenvalue weighted by atomic mass is 9.96. The first-order valence-electron chi connectivity index (χ1n) is 8.12. The summed E-state index contributed by atoms with van der Waals surface area (Å²) >= 11 is 0. The molecule has 0 bridgehead atoms. The van der Waals surface area contributed by atoms with E-state index in [0.29, 0.717) is 42.8 Å². The molecule has 122 valence electrons. The Morgan fingerprint density at radius 2 is 1.67 bits per heavy atom. The molecule has 2 aliphatic rings. The van der Waals surface area contributed by atoms with Crippen molar-refractivity contribution >= 4 is 11.8 Å². The van der Waals surface area contributed by atoms with Gasteiger partial charge in [0.1, 0.15) is 5.75 Å². The molecule has 2 aliphatic heterocycles. The summed E-state index contributed by atoms with van der Waals surface area (Å²) in [4.78, 5) is 26.7. The Bertz CT molecular complexity index is 780. The number of hydrogen-bond donors (Lipinski definition) is 1. The van der Waals surface area contributed by atoms with Gasteiger partial charge in [-0.15, -0.1) is 0 Å². The fourth-order valence-corrected chi connectivity index (χ4v) is 3.31. The molecule has 0 unspecified atom stereocenters. The van der Waals surface area contributed by atoms with Crippen molar-refractivity contribution in [3.05, 3.63) is 65.7 Å². The van der Waals surface area contributed by atoms with Gasteiger partial charge in [0, 0.05) is 31.5 Å². The first kappa shape index (κ1) is 14.8. The van der Waals surface area contributed by atoms with E-state index < -0.39 is 5.72 Å². The second-order valence-corrected chi connectivity index (χ2v) is 6.20. The van der Waals surface area contributed by atoms with Gasteiger partial charge in [-0.1, -0.05) is 30.3 Å². The van der Waals surface area contributed by atoms with Crippen LogP contribution in [0.25, 0.3) is 0 Å². The molecule has 2 heterocycles. The van der Waals surface area contributed by atoms with E-state index in [9.17, 15) is 9.59 Å². The van der Waals surface area contributed by atoms with Gasteiger partial charge in [0.2, 0.25) is 0 Å². The number of carbonyl (C=O) groups excluding carboxylic acids is 2. The standard InChI is InChI=1S/C19H18N2O3/c22-17-15-8-4-5-9-16(15)24-19(20-17)10-12-21(13-11-19)18(23)14-6-2-1-3-7-14/h1-9H,10-13H2,(H,20,22). The highest BCUT2D eigenvalue weighted by atomic mass is 16.5. The number of fused-ring (bicyclic) bond motifs is 1. The zero-order valence-corrected chi connectivity index (χ0v) is 13.2. The van der Waals surface area contributed by atoms with E-state index in [1.54, 1.807) is 6.07 Å². The molecule has 5 nitrogen and oxygen atoms in total. The number of ether oxygens (including phenoxy) is 1. The topological polar surface area (TPSA) is 58.6 Å². The van der Waals surface area contributed by atoms with E-state index in [1.807, 2.05) is 53.4 Å². The number of carbonyl (C=O) groups is 2. The zero-order chi connectivity index (χ0) is 16.6. The molecule has 2 amide bonds. The zero-order valence-electron chi connectivity index (χ0n) is 13.2. The second-order valence-electron chi connectivity index (χ2n) is 6.20. The van der Waals surface area contributed by atoms with Crippen molar-refractivity contribution in [3.8, 4) is 5.75 Å². The van der Waals surface area contributed by atoms with E-state index in [-0.39, 0.29) is 11.8 Å². The molecule has 0 saturated carbocycles. The normalized spacial score (nSPS) is 18.5. The Balaban J connectivity index is 1.49. The maximum atomic E-state index is 12.5. The summed E-state index contributed by atoms with van der Waals surface area (Å²) in [5, 5.41) is 2.99. The average molecular weight is 322 g/mol. The third-order valence-electron chi connectivity index (χ3n) is 4.66. The smallest absolute Gasteiger partial charge is 0.258 e. The first-order valence-corrected chi connectivity index (χ1v) is 8.12. The Morgan fingerprint density at radius 3 is 2.42 bits per heavy atom. The molecule has 1 spiro atoms. The summed E-state index contributed by atoms with van der Waals surface area (Å²) in [6, 6.07) is 16.5. The van der Waals surface area contributed by atoms with E-state index in [0.717, 1.165) is 0 Å². The average Bonchev–Trinajstić information content (AvgIpc) is 2.62. The van der Waals surface area contributed by atoms with Gasteiger partial charge in [0.15, 0.2) is 5.72 Å². The van der Waals surface area contributed by atoms with Gasteiger partial charge >= 0.3 is 0 Å². The van der Waals surface area contributed by atoms with E-state index >= 15 is 0 Å². The Kier molecular flexibility index (Phi) is 3.49. The lowest BCUT2D eigenvalue weighted by molar-refractivity contribution is -0.0245. The maximum absolute atomic E-state index is 12.5. The molecule has 2 aromatic carbocycles. The van der Waals surface area contributed by atoms with Crippen molar-refractivity contribution < 1.29 is 14.3 Å². The quantitative estimate of drug-likeness (QED) is 0.877. The van der Waals surface area contributed by atoms with Gasteiger partial charge < -0.3 is 15.0 Å². The summed E-state index contributed by atoms with van der Waals surface area (Å²) < 4.78 is 6.09. The number of amides is 2. The molecule has 0 aromatic heterocycles. The third kappa shape index (κ3) is 2.52. The van der Waals surface area contributed by atoms with E-state index in [1.165, 1.54) is 0 Å². The number of nitrogens with zero attached hydrogens (tertiary/aromatic N) is 1. The van der Waals surface area contributed by atoms with Gasteiger partial charge in [0.25, 0.3) is 11.8 Å². The van der Waals surface area contributed by atoms with Crippen molar-refractivity contribution in [3.63, 3.8) is 0 Å². The van der Waals surface area contributed by atoms with Gasteiger partial charge in [0.05, 0.1) is 5.56 Å². The Hall–Kier alpha value is -2.82. The molecule has 24 heavy (non-hydrogen) atoms. The Labute approximate surface area is 140 Å². The summed E-state index contributed by atoms with van der Waals surface area (Å²) in [6.07, 6.45) is 1.15. The minimum absolute atomic E-state index is 0.0213. The van der Waals surface area contributed by atoms with Crippen LogP contribution in [0.3, 0.4) is 0 Å². The molecule has 1 fully saturated rings. The maximum Gasteiger partial charge on any atom is 0.258 e. The number of rotatable bonds is 1. The molecule has 1 saturated heterocycles. The SMILES string of the molecule is O=C1NC2(CCN(C(=O)c3ccccc3)CC2)Oc2ccccc21. The molecular formula is C19H18N2O3.